The van der Waals surface area contributed by atoms with Gasteiger partial charge in [-0.15, -0.1) is 0 Å². The molecule has 0 aliphatic heterocycles. The SMILES string of the molecule is Cc1cc(N)cc(S(=O)(=O)N(C)CC2CC2)c1F. The van der Waals surface area contributed by atoms with Gasteiger partial charge in [0.1, 0.15) is 10.7 Å². The third kappa shape index (κ3) is 2.49. The van der Waals surface area contributed by atoms with Crippen LogP contribution in [0.3, 0.4) is 0 Å². The van der Waals surface area contributed by atoms with Crippen molar-refractivity contribution < 1.29 is 12.8 Å². The van der Waals surface area contributed by atoms with Gasteiger partial charge in [-0.3, -0.25) is 0 Å². The zero-order valence-corrected chi connectivity index (χ0v) is 11.3. The lowest BCUT2D eigenvalue weighted by Crippen LogP contribution is -2.29. The number of rotatable bonds is 4. The van der Waals surface area contributed by atoms with Gasteiger partial charge in [-0.1, -0.05) is 0 Å². The quantitative estimate of drug-likeness (QED) is 0.849. The minimum Gasteiger partial charge on any atom is -0.399 e. The molecule has 0 bridgehead atoms. The summed E-state index contributed by atoms with van der Waals surface area (Å²) in [4.78, 5) is -0.330. The average molecular weight is 272 g/mol. The van der Waals surface area contributed by atoms with Crippen LogP contribution in [0.25, 0.3) is 0 Å². The molecule has 0 aromatic heterocycles. The van der Waals surface area contributed by atoms with Gasteiger partial charge >= 0.3 is 0 Å². The maximum absolute atomic E-state index is 13.9. The monoisotopic (exact) mass is 272 g/mol. The smallest absolute Gasteiger partial charge is 0.245 e. The summed E-state index contributed by atoms with van der Waals surface area (Å²) in [5, 5.41) is 0. The van der Waals surface area contributed by atoms with E-state index in [2.05, 4.69) is 0 Å². The molecule has 0 unspecified atom stereocenters. The third-order valence-electron chi connectivity index (χ3n) is 3.14. The predicted molar refractivity (Wildman–Crippen MR) is 68.1 cm³/mol. The Morgan fingerprint density at radius 3 is 2.61 bits per heavy atom. The number of nitrogens with zero attached hydrogens (tertiary/aromatic N) is 1. The summed E-state index contributed by atoms with van der Waals surface area (Å²) in [6, 6.07) is 2.61. The molecule has 1 fully saturated rings. The molecule has 2 N–H and O–H groups in total. The molecule has 0 heterocycles. The zero-order valence-electron chi connectivity index (χ0n) is 10.5. The van der Waals surface area contributed by atoms with E-state index in [0.717, 1.165) is 12.8 Å². The van der Waals surface area contributed by atoms with E-state index in [1.165, 1.54) is 30.4 Å². The van der Waals surface area contributed by atoms with Gasteiger partial charge in [-0.25, -0.2) is 17.1 Å². The summed E-state index contributed by atoms with van der Waals surface area (Å²) in [5.74, 6) is -0.304. The minimum atomic E-state index is -3.79. The minimum absolute atomic E-state index is 0.244. The number of benzene rings is 1. The van der Waals surface area contributed by atoms with Crippen molar-refractivity contribution in [2.24, 2.45) is 5.92 Å². The number of aryl methyl sites for hydroxylation is 1. The van der Waals surface area contributed by atoms with Crippen molar-refractivity contribution in [1.82, 2.24) is 4.31 Å². The van der Waals surface area contributed by atoms with Gasteiger partial charge < -0.3 is 5.73 Å². The van der Waals surface area contributed by atoms with Crippen LogP contribution in [0.2, 0.25) is 0 Å². The summed E-state index contributed by atoms with van der Waals surface area (Å²) in [5.41, 5.74) is 6.09. The van der Waals surface area contributed by atoms with Crippen molar-refractivity contribution in [3.8, 4) is 0 Å². The number of nitrogen functional groups attached to an aromatic ring is 1. The number of hydrogen-bond acceptors (Lipinski definition) is 3. The summed E-state index contributed by atoms with van der Waals surface area (Å²) in [7, 11) is -2.31. The fraction of sp³-hybridized carbons (Fsp3) is 0.500. The molecule has 2 rings (SSSR count). The molecule has 0 amide bonds. The van der Waals surface area contributed by atoms with Crippen molar-refractivity contribution >= 4 is 15.7 Å². The Labute approximate surface area is 107 Å². The maximum atomic E-state index is 13.9. The van der Waals surface area contributed by atoms with E-state index in [4.69, 9.17) is 5.73 Å². The van der Waals surface area contributed by atoms with Gasteiger partial charge in [-0.05, 0) is 43.4 Å². The Kier molecular flexibility index (Phi) is 3.33. The average Bonchev–Trinajstić information content (AvgIpc) is 3.06. The second-order valence-electron chi connectivity index (χ2n) is 4.88. The predicted octanol–water partition coefficient (Wildman–Crippen LogP) is 1.75. The Morgan fingerprint density at radius 2 is 2.06 bits per heavy atom. The highest BCUT2D eigenvalue weighted by Gasteiger charge is 2.31. The highest BCUT2D eigenvalue weighted by atomic mass is 32.2. The van der Waals surface area contributed by atoms with E-state index < -0.39 is 15.8 Å². The Balaban J connectivity index is 2.39. The first-order chi connectivity index (χ1) is 8.32. The van der Waals surface area contributed by atoms with Crippen molar-refractivity contribution in [3.63, 3.8) is 0 Å². The lowest BCUT2D eigenvalue weighted by Gasteiger charge is -2.18. The lowest BCUT2D eigenvalue weighted by atomic mass is 10.2. The molecule has 0 atom stereocenters. The van der Waals surface area contributed by atoms with Crippen LogP contribution in [0, 0.1) is 18.7 Å². The van der Waals surface area contributed by atoms with Crippen LogP contribution < -0.4 is 5.73 Å². The highest BCUT2D eigenvalue weighted by Crippen LogP contribution is 2.32. The van der Waals surface area contributed by atoms with Crippen molar-refractivity contribution in [1.29, 1.82) is 0 Å². The molecule has 0 saturated heterocycles. The maximum Gasteiger partial charge on any atom is 0.245 e. The third-order valence-corrected chi connectivity index (χ3v) is 4.97. The van der Waals surface area contributed by atoms with Crippen molar-refractivity contribution in [3.05, 3.63) is 23.5 Å². The van der Waals surface area contributed by atoms with E-state index in [1.807, 2.05) is 0 Å². The van der Waals surface area contributed by atoms with Crippen LogP contribution in [-0.4, -0.2) is 26.3 Å². The molecule has 100 valence electrons. The molecule has 1 aliphatic rings. The second kappa shape index (κ2) is 4.51. The van der Waals surface area contributed by atoms with E-state index in [0.29, 0.717) is 12.5 Å². The van der Waals surface area contributed by atoms with Gasteiger partial charge in [0, 0.05) is 19.3 Å². The largest absolute Gasteiger partial charge is 0.399 e. The van der Waals surface area contributed by atoms with Crippen LogP contribution in [-0.2, 0) is 10.0 Å². The number of hydrogen-bond donors (Lipinski definition) is 1. The normalized spacial score (nSPS) is 16.2. The van der Waals surface area contributed by atoms with Crippen LogP contribution in [0.15, 0.2) is 17.0 Å². The lowest BCUT2D eigenvalue weighted by molar-refractivity contribution is 0.447. The summed E-state index contributed by atoms with van der Waals surface area (Å²) in [6.07, 6.45) is 2.08. The first-order valence-electron chi connectivity index (χ1n) is 5.84. The standard InChI is InChI=1S/C12H17FN2O2S/c1-8-5-10(14)6-11(12(8)13)18(16,17)15(2)7-9-3-4-9/h5-6,9H,3-4,7,14H2,1-2H3. The molecule has 1 aromatic rings. The van der Waals surface area contributed by atoms with Crippen LogP contribution in [0.4, 0.5) is 10.1 Å². The first-order valence-corrected chi connectivity index (χ1v) is 7.28. The van der Waals surface area contributed by atoms with Crippen LogP contribution >= 0.6 is 0 Å². The van der Waals surface area contributed by atoms with E-state index >= 15 is 0 Å². The van der Waals surface area contributed by atoms with Gasteiger partial charge in [0.25, 0.3) is 0 Å². The fourth-order valence-corrected chi connectivity index (χ4v) is 3.30. The number of anilines is 1. The molecule has 1 saturated carbocycles. The topological polar surface area (TPSA) is 63.4 Å². The molecular weight excluding hydrogens is 255 g/mol. The number of halogens is 1. The molecule has 1 aliphatic carbocycles. The molecule has 6 heteroatoms. The highest BCUT2D eigenvalue weighted by molar-refractivity contribution is 7.89. The number of sulfonamides is 1. The zero-order chi connectivity index (χ0) is 13.5. The first kappa shape index (κ1) is 13.3. The van der Waals surface area contributed by atoms with Gasteiger partial charge in [0.15, 0.2) is 0 Å². The molecule has 18 heavy (non-hydrogen) atoms. The molecular formula is C12H17FN2O2S. The Hall–Kier alpha value is -1.14. The summed E-state index contributed by atoms with van der Waals surface area (Å²) >= 11 is 0. The summed E-state index contributed by atoms with van der Waals surface area (Å²) in [6.45, 7) is 1.95. The van der Waals surface area contributed by atoms with Gasteiger partial charge in [-0.2, -0.15) is 0 Å². The van der Waals surface area contributed by atoms with E-state index in [-0.39, 0.29) is 16.1 Å². The van der Waals surface area contributed by atoms with E-state index in [9.17, 15) is 12.8 Å². The second-order valence-corrected chi connectivity index (χ2v) is 6.89. The van der Waals surface area contributed by atoms with Gasteiger partial charge in [0.2, 0.25) is 10.0 Å². The molecule has 1 aromatic carbocycles. The van der Waals surface area contributed by atoms with Crippen LogP contribution in [0.1, 0.15) is 18.4 Å². The van der Waals surface area contributed by atoms with Crippen molar-refractivity contribution in [2.45, 2.75) is 24.7 Å². The number of nitrogens with two attached hydrogens (primary N) is 1. The van der Waals surface area contributed by atoms with Crippen molar-refractivity contribution in [2.75, 3.05) is 19.3 Å². The van der Waals surface area contributed by atoms with E-state index in [1.54, 1.807) is 0 Å². The molecule has 0 spiro atoms. The molecule has 0 radical (unpaired) electrons. The van der Waals surface area contributed by atoms with Crippen LogP contribution in [0.5, 0.6) is 0 Å². The van der Waals surface area contributed by atoms with Gasteiger partial charge in [0.05, 0.1) is 0 Å². The Morgan fingerprint density at radius 1 is 1.44 bits per heavy atom. The fourth-order valence-electron chi connectivity index (χ4n) is 1.88. The Bertz CT molecular complexity index is 568. The molecule has 4 nitrogen and oxygen atoms in total. The summed E-state index contributed by atoms with van der Waals surface area (Å²) < 4.78 is 39.6.